The smallest absolute Gasteiger partial charge is 0.208 e. The fourth-order valence-electron chi connectivity index (χ4n) is 2.91. The van der Waals surface area contributed by atoms with Crippen molar-refractivity contribution in [1.82, 2.24) is 20.3 Å². The van der Waals surface area contributed by atoms with Crippen LogP contribution in [0.25, 0.3) is 0 Å². The Morgan fingerprint density at radius 3 is 2.54 bits per heavy atom. The van der Waals surface area contributed by atoms with Crippen molar-refractivity contribution < 1.29 is 8.42 Å². The minimum absolute atomic E-state index is 0. The molecule has 9 heteroatoms. The summed E-state index contributed by atoms with van der Waals surface area (Å²) >= 11 is 0. The van der Waals surface area contributed by atoms with Gasteiger partial charge in [-0.2, -0.15) is 0 Å². The van der Waals surface area contributed by atoms with Crippen molar-refractivity contribution in [3.8, 4) is 0 Å². The minimum Gasteiger partial charge on any atom is -0.356 e. The highest BCUT2D eigenvalue weighted by molar-refractivity contribution is 14.0. The van der Waals surface area contributed by atoms with Crippen LogP contribution in [0.3, 0.4) is 0 Å². The molecule has 0 aromatic heterocycles. The number of nitrogens with zero attached hydrogens (tertiary/aromatic N) is 2. The molecule has 0 aliphatic carbocycles. The Morgan fingerprint density at radius 1 is 1.21 bits per heavy atom. The van der Waals surface area contributed by atoms with Crippen LogP contribution in [0.1, 0.15) is 39.0 Å². The zero-order chi connectivity index (χ0) is 17.1. The van der Waals surface area contributed by atoms with Crippen LogP contribution in [0.15, 0.2) is 4.99 Å². The summed E-state index contributed by atoms with van der Waals surface area (Å²) in [7, 11) is -1.34. The summed E-state index contributed by atoms with van der Waals surface area (Å²) in [6.07, 6.45) is 7.09. The summed E-state index contributed by atoms with van der Waals surface area (Å²) < 4.78 is 24.4. The average molecular weight is 475 g/mol. The Hall–Kier alpha value is -0.130. The van der Waals surface area contributed by atoms with Crippen molar-refractivity contribution in [2.24, 2.45) is 4.99 Å². The summed E-state index contributed by atoms with van der Waals surface area (Å²) in [6, 6.07) is 0.725. The monoisotopic (exact) mass is 475 g/mol. The molecule has 1 heterocycles. The highest BCUT2D eigenvalue weighted by Gasteiger charge is 2.19. The summed E-state index contributed by atoms with van der Waals surface area (Å²) in [5.74, 6) is 0.773. The second-order valence-corrected chi connectivity index (χ2v) is 7.87. The number of guanidine groups is 1. The van der Waals surface area contributed by atoms with Gasteiger partial charge in [0.1, 0.15) is 0 Å². The molecule has 0 aromatic rings. The van der Waals surface area contributed by atoms with Gasteiger partial charge in [0, 0.05) is 39.3 Å². The minimum atomic E-state index is -3.09. The van der Waals surface area contributed by atoms with E-state index in [-0.39, 0.29) is 24.0 Å². The Bertz CT molecular complexity index is 459. The second kappa shape index (κ2) is 13.1. The van der Waals surface area contributed by atoms with Gasteiger partial charge in [0.25, 0.3) is 0 Å². The third-order valence-electron chi connectivity index (χ3n) is 4.15. The van der Waals surface area contributed by atoms with Crippen LogP contribution < -0.4 is 15.4 Å². The molecule has 3 N–H and O–H groups in total. The fraction of sp³-hybridized carbons (Fsp3) is 0.933. The fourth-order valence-corrected chi connectivity index (χ4v) is 3.42. The quantitative estimate of drug-likeness (QED) is 0.200. The predicted molar refractivity (Wildman–Crippen MR) is 112 cm³/mol. The van der Waals surface area contributed by atoms with E-state index in [1.54, 1.807) is 7.05 Å². The van der Waals surface area contributed by atoms with E-state index >= 15 is 0 Å². The van der Waals surface area contributed by atoms with Gasteiger partial charge in [-0.25, -0.2) is 13.1 Å². The van der Waals surface area contributed by atoms with E-state index in [0.717, 1.165) is 31.5 Å². The van der Waals surface area contributed by atoms with E-state index in [0.29, 0.717) is 13.1 Å². The van der Waals surface area contributed by atoms with Crippen molar-refractivity contribution in [3.05, 3.63) is 0 Å². The Balaban J connectivity index is 0.00000529. The lowest BCUT2D eigenvalue weighted by atomic mass is 10.0. The predicted octanol–water partition coefficient (Wildman–Crippen LogP) is 0.973. The Morgan fingerprint density at radius 2 is 1.92 bits per heavy atom. The average Bonchev–Trinajstić information content (AvgIpc) is 2.52. The number of halogens is 1. The number of hydrogen-bond donors (Lipinski definition) is 3. The molecule has 0 aromatic carbocycles. The van der Waals surface area contributed by atoms with Gasteiger partial charge < -0.3 is 10.6 Å². The van der Waals surface area contributed by atoms with Crippen LogP contribution in [-0.4, -0.2) is 71.3 Å². The maximum Gasteiger partial charge on any atom is 0.208 e. The topological polar surface area (TPSA) is 85.8 Å². The molecule has 1 atom stereocenters. The molecule has 1 fully saturated rings. The molecule has 1 rings (SSSR count). The number of sulfonamides is 1. The third kappa shape index (κ3) is 10.7. The van der Waals surface area contributed by atoms with Gasteiger partial charge in [-0.15, -0.1) is 24.0 Å². The van der Waals surface area contributed by atoms with Crippen molar-refractivity contribution in [3.63, 3.8) is 0 Å². The van der Waals surface area contributed by atoms with Gasteiger partial charge in [-0.3, -0.25) is 9.89 Å². The number of likely N-dealkylation sites (tertiary alicyclic amines) is 1. The maximum absolute atomic E-state index is 11.0. The van der Waals surface area contributed by atoms with Crippen molar-refractivity contribution >= 4 is 40.0 Å². The standard InChI is InChI=1S/C15H33N5O2S.HI/c1-4-14-8-5-6-12-20(14)13-11-18-15(16-2)17-9-7-10-19-23(3,21)22;/h14,19H,4-13H2,1-3H3,(H2,16,17,18);1H. The molecule has 0 spiro atoms. The Kier molecular flexibility index (Phi) is 13.1. The van der Waals surface area contributed by atoms with Crippen LogP contribution in [0.5, 0.6) is 0 Å². The first kappa shape index (κ1) is 23.9. The molecular formula is C15H34IN5O2S. The van der Waals surface area contributed by atoms with Gasteiger partial charge >= 0.3 is 0 Å². The first-order valence-electron chi connectivity index (χ1n) is 8.59. The molecule has 1 aliphatic heterocycles. The molecule has 1 aliphatic rings. The van der Waals surface area contributed by atoms with Crippen LogP contribution in [-0.2, 0) is 10.0 Å². The van der Waals surface area contributed by atoms with Gasteiger partial charge in [0.05, 0.1) is 6.26 Å². The van der Waals surface area contributed by atoms with E-state index in [1.165, 1.54) is 38.5 Å². The van der Waals surface area contributed by atoms with Gasteiger partial charge in [-0.05, 0) is 32.2 Å². The lowest BCUT2D eigenvalue weighted by molar-refractivity contribution is 0.147. The summed E-state index contributed by atoms with van der Waals surface area (Å²) in [6.45, 7) is 6.50. The zero-order valence-electron chi connectivity index (χ0n) is 15.2. The molecular weight excluding hydrogens is 441 g/mol. The maximum atomic E-state index is 11.0. The largest absolute Gasteiger partial charge is 0.356 e. The van der Waals surface area contributed by atoms with Crippen molar-refractivity contribution in [2.45, 2.75) is 45.1 Å². The molecule has 0 radical (unpaired) electrons. The third-order valence-corrected chi connectivity index (χ3v) is 4.87. The molecule has 0 amide bonds. The molecule has 144 valence electrons. The Labute approximate surface area is 164 Å². The molecule has 1 saturated heterocycles. The van der Waals surface area contributed by atoms with Gasteiger partial charge in [0.2, 0.25) is 10.0 Å². The first-order valence-corrected chi connectivity index (χ1v) is 10.5. The lowest BCUT2D eigenvalue weighted by Gasteiger charge is -2.35. The highest BCUT2D eigenvalue weighted by atomic mass is 127. The van der Waals surface area contributed by atoms with Crippen molar-refractivity contribution in [1.29, 1.82) is 0 Å². The SMILES string of the molecule is CCC1CCCCN1CCNC(=NC)NCCCNS(C)(=O)=O.I. The van der Waals surface area contributed by atoms with E-state index < -0.39 is 10.0 Å². The van der Waals surface area contributed by atoms with Gasteiger partial charge in [-0.1, -0.05) is 13.3 Å². The molecule has 24 heavy (non-hydrogen) atoms. The molecule has 1 unspecified atom stereocenters. The number of rotatable bonds is 9. The van der Waals surface area contributed by atoms with Gasteiger partial charge in [0.15, 0.2) is 5.96 Å². The van der Waals surface area contributed by atoms with Crippen LogP contribution >= 0.6 is 24.0 Å². The summed E-state index contributed by atoms with van der Waals surface area (Å²) in [5, 5.41) is 6.53. The number of piperidine rings is 1. The van der Waals surface area contributed by atoms with Crippen LogP contribution in [0, 0.1) is 0 Å². The molecule has 0 bridgehead atoms. The van der Waals surface area contributed by atoms with Crippen LogP contribution in [0.4, 0.5) is 0 Å². The van der Waals surface area contributed by atoms with Crippen LogP contribution in [0.2, 0.25) is 0 Å². The van der Waals surface area contributed by atoms with Crippen molar-refractivity contribution in [2.75, 3.05) is 46.0 Å². The molecule has 0 saturated carbocycles. The normalized spacial score (nSPS) is 19.6. The van der Waals surface area contributed by atoms with E-state index in [1.807, 2.05) is 0 Å². The second-order valence-electron chi connectivity index (χ2n) is 6.04. The highest BCUT2D eigenvalue weighted by Crippen LogP contribution is 2.18. The number of aliphatic imine (C=N–C) groups is 1. The molecule has 7 nitrogen and oxygen atoms in total. The van der Waals surface area contributed by atoms with E-state index in [2.05, 4.69) is 32.2 Å². The summed E-state index contributed by atoms with van der Waals surface area (Å²) in [4.78, 5) is 6.76. The van der Waals surface area contributed by atoms with E-state index in [4.69, 9.17) is 0 Å². The lowest BCUT2D eigenvalue weighted by Crippen LogP contribution is -2.46. The first-order chi connectivity index (χ1) is 11.0. The summed E-state index contributed by atoms with van der Waals surface area (Å²) in [5.41, 5.74) is 0. The van der Waals surface area contributed by atoms with E-state index in [9.17, 15) is 8.42 Å². The number of hydrogen-bond acceptors (Lipinski definition) is 4. The zero-order valence-corrected chi connectivity index (χ0v) is 18.3. The number of nitrogens with one attached hydrogen (secondary N) is 3.